The van der Waals surface area contributed by atoms with Crippen LogP contribution in [0.25, 0.3) is 16.5 Å². The van der Waals surface area contributed by atoms with Gasteiger partial charge in [0.15, 0.2) is 0 Å². The van der Waals surface area contributed by atoms with Gasteiger partial charge in [-0.3, -0.25) is 9.59 Å². The molecule has 1 N–H and O–H groups in total. The van der Waals surface area contributed by atoms with Crippen LogP contribution in [0.15, 0.2) is 72.3 Å². The molecule has 1 amide bonds. The molecule has 1 aliphatic heterocycles. The van der Waals surface area contributed by atoms with Gasteiger partial charge in [0.2, 0.25) is 0 Å². The molecular weight excluding hydrogens is 409 g/mol. The lowest BCUT2D eigenvalue weighted by molar-refractivity contribution is -0.140. The van der Waals surface area contributed by atoms with Crippen LogP contribution in [0.5, 0.6) is 0 Å². The van der Waals surface area contributed by atoms with Crippen LogP contribution in [-0.4, -0.2) is 41.0 Å². The van der Waals surface area contributed by atoms with Crippen LogP contribution in [0, 0.1) is 5.82 Å². The fourth-order valence-electron chi connectivity index (χ4n) is 4.07. The van der Waals surface area contributed by atoms with Crippen molar-refractivity contribution in [3.05, 3.63) is 89.2 Å². The van der Waals surface area contributed by atoms with Gasteiger partial charge in [-0.2, -0.15) is 0 Å². The topological polar surface area (TPSA) is 66.8 Å². The second kappa shape index (κ2) is 8.93. The van der Waals surface area contributed by atoms with Crippen LogP contribution in [0.4, 0.5) is 4.39 Å². The zero-order valence-corrected chi connectivity index (χ0v) is 17.9. The van der Waals surface area contributed by atoms with E-state index in [0.29, 0.717) is 11.1 Å². The van der Waals surface area contributed by atoms with Gasteiger partial charge in [0.05, 0.1) is 24.3 Å². The Bertz CT molecular complexity index is 1190. The molecule has 1 aliphatic rings. The molecule has 6 heteroatoms. The summed E-state index contributed by atoms with van der Waals surface area (Å²) in [6, 6.07) is 17.7. The molecule has 3 aromatic carbocycles. The van der Waals surface area contributed by atoms with Crippen LogP contribution in [0.3, 0.4) is 0 Å². The molecule has 0 saturated carbocycles. The molecule has 3 aromatic rings. The highest BCUT2D eigenvalue weighted by atomic mass is 19.1. The Morgan fingerprint density at radius 1 is 1.03 bits per heavy atom. The number of carbonyl (C=O) groups is 2. The van der Waals surface area contributed by atoms with Crippen LogP contribution < -0.4 is 0 Å². The van der Waals surface area contributed by atoms with Crippen LogP contribution >= 0.6 is 0 Å². The summed E-state index contributed by atoms with van der Waals surface area (Å²) in [6.07, 6.45) is -0.0354. The Labute approximate surface area is 185 Å². The standard InChI is InChI=1S/C26H24FNO4/c1-16(2)32-15-14-28-23(18-10-12-19(27)13-11-18)22(25(30)26(28)31)24(29)21-9-5-7-17-6-3-4-8-20(17)21/h3-13,16,23,29H,14-15H2,1-2H3/b24-22-. The maximum Gasteiger partial charge on any atom is 0.295 e. The van der Waals surface area contributed by atoms with Crippen LogP contribution in [0.2, 0.25) is 0 Å². The van der Waals surface area contributed by atoms with Gasteiger partial charge in [-0.25, -0.2) is 4.39 Å². The van der Waals surface area contributed by atoms with Crippen molar-refractivity contribution in [3.8, 4) is 0 Å². The Morgan fingerprint density at radius 2 is 1.72 bits per heavy atom. The first-order valence-corrected chi connectivity index (χ1v) is 10.5. The number of rotatable bonds is 6. The van der Waals surface area contributed by atoms with E-state index >= 15 is 0 Å². The Balaban J connectivity index is 1.86. The molecule has 1 heterocycles. The largest absolute Gasteiger partial charge is 0.507 e. The van der Waals surface area contributed by atoms with Gasteiger partial charge < -0.3 is 14.7 Å². The summed E-state index contributed by atoms with van der Waals surface area (Å²) < 4.78 is 19.2. The highest BCUT2D eigenvalue weighted by molar-refractivity contribution is 6.46. The van der Waals surface area contributed by atoms with Gasteiger partial charge in [-0.15, -0.1) is 0 Å². The third-order valence-corrected chi connectivity index (χ3v) is 5.55. The molecule has 4 rings (SSSR count). The number of likely N-dealkylation sites (tertiary alicyclic amines) is 1. The van der Waals surface area contributed by atoms with Crippen molar-refractivity contribution in [2.24, 2.45) is 0 Å². The first kappa shape index (κ1) is 21.7. The number of hydrogen-bond donors (Lipinski definition) is 1. The second-order valence-corrected chi connectivity index (χ2v) is 7.99. The van der Waals surface area contributed by atoms with Crippen molar-refractivity contribution in [2.75, 3.05) is 13.2 Å². The third kappa shape index (κ3) is 4.01. The molecule has 1 unspecified atom stereocenters. The number of ketones is 1. The molecule has 0 spiro atoms. The predicted molar refractivity (Wildman–Crippen MR) is 120 cm³/mol. The van der Waals surface area contributed by atoms with E-state index in [1.165, 1.54) is 29.2 Å². The number of ether oxygens (including phenoxy) is 1. The SMILES string of the molecule is CC(C)OCCN1C(=O)C(=O)/C(=C(\O)c2cccc3ccccc23)C1c1ccc(F)cc1. The highest BCUT2D eigenvalue weighted by Gasteiger charge is 2.46. The van der Waals surface area contributed by atoms with Gasteiger partial charge in [-0.05, 0) is 42.3 Å². The van der Waals surface area contributed by atoms with Gasteiger partial charge >= 0.3 is 0 Å². The molecular formula is C26H24FNO4. The van der Waals surface area contributed by atoms with E-state index in [1.54, 1.807) is 12.1 Å². The van der Waals surface area contributed by atoms with Crippen LogP contribution in [-0.2, 0) is 14.3 Å². The summed E-state index contributed by atoms with van der Waals surface area (Å²) in [5, 5.41) is 13.0. The Hall–Kier alpha value is -3.51. The number of hydrogen-bond acceptors (Lipinski definition) is 4. The number of nitrogens with zero attached hydrogens (tertiary/aromatic N) is 1. The summed E-state index contributed by atoms with van der Waals surface area (Å²) >= 11 is 0. The number of carbonyl (C=O) groups excluding carboxylic acids is 2. The molecule has 0 aromatic heterocycles. The van der Waals surface area contributed by atoms with Crippen molar-refractivity contribution >= 4 is 28.2 Å². The molecule has 5 nitrogen and oxygen atoms in total. The van der Waals surface area contributed by atoms with Crippen molar-refractivity contribution in [3.63, 3.8) is 0 Å². The van der Waals surface area contributed by atoms with Crippen molar-refractivity contribution < 1.29 is 23.8 Å². The Morgan fingerprint density at radius 3 is 2.44 bits per heavy atom. The van der Waals surface area contributed by atoms with Crippen molar-refractivity contribution in [2.45, 2.75) is 26.0 Å². The van der Waals surface area contributed by atoms with Gasteiger partial charge in [0.25, 0.3) is 11.7 Å². The maximum absolute atomic E-state index is 13.6. The quantitative estimate of drug-likeness (QED) is 0.344. The van der Waals surface area contributed by atoms with Gasteiger partial charge in [0.1, 0.15) is 11.6 Å². The lowest BCUT2D eigenvalue weighted by atomic mass is 9.93. The number of amides is 1. The van der Waals surface area contributed by atoms with E-state index in [4.69, 9.17) is 4.74 Å². The molecule has 32 heavy (non-hydrogen) atoms. The first-order valence-electron chi connectivity index (χ1n) is 10.5. The zero-order valence-electron chi connectivity index (χ0n) is 17.9. The van der Waals surface area contributed by atoms with E-state index in [-0.39, 0.29) is 30.6 Å². The number of aliphatic hydroxyl groups excluding tert-OH is 1. The summed E-state index contributed by atoms with van der Waals surface area (Å²) in [5.41, 5.74) is 0.992. The lowest BCUT2D eigenvalue weighted by Gasteiger charge is -2.25. The molecule has 0 aliphatic carbocycles. The van der Waals surface area contributed by atoms with E-state index in [1.807, 2.05) is 44.2 Å². The molecule has 0 bridgehead atoms. The van der Waals surface area contributed by atoms with E-state index in [2.05, 4.69) is 0 Å². The number of aliphatic hydroxyl groups is 1. The van der Waals surface area contributed by atoms with E-state index in [0.717, 1.165) is 10.8 Å². The van der Waals surface area contributed by atoms with E-state index in [9.17, 15) is 19.1 Å². The van der Waals surface area contributed by atoms with Gasteiger partial charge in [0, 0.05) is 12.1 Å². The molecule has 0 radical (unpaired) electrons. The van der Waals surface area contributed by atoms with Crippen molar-refractivity contribution in [1.82, 2.24) is 4.90 Å². The molecule has 1 fully saturated rings. The number of Topliss-reactive ketones (excluding diaryl/α,β-unsaturated/α-hetero) is 1. The average Bonchev–Trinajstić information content (AvgIpc) is 3.03. The van der Waals surface area contributed by atoms with Crippen molar-refractivity contribution in [1.29, 1.82) is 0 Å². The number of benzene rings is 3. The van der Waals surface area contributed by atoms with E-state index < -0.39 is 23.5 Å². The highest BCUT2D eigenvalue weighted by Crippen LogP contribution is 2.40. The number of fused-ring (bicyclic) bond motifs is 1. The minimum atomic E-state index is -0.842. The second-order valence-electron chi connectivity index (χ2n) is 7.99. The Kier molecular flexibility index (Phi) is 6.06. The normalized spacial score (nSPS) is 18.1. The summed E-state index contributed by atoms with van der Waals surface area (Å²) in [4.78, 5) is 27.4. The fourth-order valence-corrected chi connectivity index (χ4v) is 4.07. The first-order chi connectivity index (χ1) is 15.4. The maximum atomic E-state index is 13.6. The minimum absolute atomic E-state index is 0.0116. The minimum Gasteiger partial charge on any atom is -0.507 e. The predicted octanol–water partition coefficient (Wildman–Crippen LogP) is 4.83. The van der Waals surface area contributed by atoms with Crippen LogP contribution in [0.1, 0.15) is 31.0 Å². The average molecular weight is 433 g/mol. The number of halogens is 1. The summed E-state index contributed by atoms with van der Waals surface area (Å²) in [6.45, 7) is 4.16. The molecule has 1 saturated heterocycles. The molecule has 1 atom stereocenters. The summed E-state index contributed by atoms with van der Waals surface area (Å²) in [7, 11) is 0. The van der Waals surface area contributed by atoms with Gasteiger partial charge in [-0.1, -0.05) is 54.6 Å². The monoisotopic (exact) mass is 433 g/mol. The zero-order chi connectivity index (χ0) is 22.8. The summed E-state index contributed by atoms with van der Waals surface area (Å²) in [5.74, 6) is -2.16. The third-order valence-electron chi connectivity index (χ3n) is 5.55. The molecule has 164 valence electrons. The fraction of sp³-hybridized carbons (Fsp3) is 0.231. The smallest absolute Gasteiger partial charge is 0.295 e. The lowest BCUT2D eigenvalue weighted by Crippen LogP contribution is -2.33.